The molecule has 0 amide bonds. The second-order valence-electron chi connectivity index (χ2n) is 7.21. The van der Waals surface area contributed by atoms with Crippen molar-refractivity contribution in [2.24, 2.45) is 5.10 Å². The van der Waals surface area contributed by atoms with Gasteiger partial charge in [0.25, 0.3) is 0 Å². The lowest BCUT2D eigenvalue weighted by Crippen LogP contribution is -2.16. The van der Waals surface area contributed by atoms with Gasteiger partial charge in [-0.15, -0.1) is 0 Å². The minimum Gasteiger partial charge on any atom is -0.477 e. The maximum Gasteiger partial charge on any atom is 0.351 e. The Kier molecular flexibility index (Phi) is 18.5. The van der Waals surface area contributed by atoms with Crippen molar-refractivity contribution in [3.63, 3.8) is 0 Å². The van der Waals surface area contributed by atoms with Crippen LogP contribution in [0.4, 0.5) is 0 Å². The summed E-state index contributed by atoms with van der Waals surface area (Å²) in [6, 6.07) is 0. The highest BCUT2D eigenvalue weighted by atomic mass is 16.4. The molecule has 0 aromatic rings. The summed E-state index contributed by atoms with van der Waals surface area (Å²) in [5.74, 6) is -0.959. The second-order valence-corrected chi connectivity index (χ2v) is 7.21. The predicted octanol–water partition coefficient (Wildman–Crippen LogP) is 6.30. The van der Waals surface area contributed by atoms with Gasteiger partial charge in [0.15, 0.2) is 0 Å². The van der Waals surface area contributed by atoms with Crippen molar-refractivity contribution in [1.29, 1.82) is 0 Å². The van der Waals surface area contributed by atoms with E-state index in [-0.39, 0.29) is 5.71 Å². The highest BCUT2D eigenvalue weighted by molar-refractivity contribution is 6.34. The van der Waals surface area contributed by atoms with Gasteiger partial charge in [-0.05, 0) is 13.3 Å². The van der Waals surface area contributed by atoms with Crippen molar-refractivity contribution in [2.75, 3.05) is 6.54 Å². The van der Waals surface area contributed by atoms with E-state index in [0.717, 1.165) is 13.0 Å². The van der Waals surface area contributed by atoms with Gasteiger partial charge in [-0.25, -0.2) is 4.79 Å². The molecule has 0 spiro atoms. The van der Waals surface area contributed by atoms with Crippen molar-refractivity contribution >= 4 is 11.7 Å². The van der Waals surface area contributed by atoms with E-state index in [1.807, 2.05) is 0 Å². The van der Waals surface area contributed by atoms with Crippen molar-refractivity contribution in [3.05, 3.63) is 0 Å². The molecule has 0 heterocycles. The number of carbonyl (C=O) groups is 1. The summed E-state index contributed by atoms with van der Waals surface area (Å²) in [6.07, 6.45) is 21.8. The van der Waals surface area contributed by atoms with E-state index in [0.29, 0.717) is 0 Å². The molecule has 25 heavy (non-hydrogen) atoms. The van der Waals surface area contributed by atoms with Gasteiger partial charge in [-0.3, -0.25) is 0 Å². The highest BCUT2D eigenvalue weighted by Crippen LogP contribution is 2.13. The molecule has 148 valence electrons. The minimum atomic E-state index is -0.959. The third kappa shape index (κ3) is 19.1. The van der Waals surface area contributed by atoms with Gasteiger partial charge in [0.2, 0.25) is 0 Å². The number of hydrazone groups is 1. The number of carboxylic acids is 1. The van der Waals surface area contributed by atoms with Gasteiger partial charge in [-0.2, -0.15) is 5.10 Å². The number of hydrogen-bond acceptors (Lipinski definition) is 3. The van der Waals surface area contributed by atoms with E-state index in [1.165, 1.54) is 103 Å². The molecule has 0 unspecified atom stereocenters. The average molecular weight is 355 g/mol. The van der Waals surface area contributed by atoms with Gasteiger partial charge >= 0.3 is 5.97 Å². The molecule has 0 fully saturated rings. The van der Waals surface area contributed by atoms with Crippen LogP contribution in [0.2, 0.25) is 0 Å². The Morgan fingerprint density at radius 1 is 0.720 bits per heavy atom. The fraction of sp³-hybridized carbons (Fsp3) is 0.905. The topological polar surface area (TPSA) is 61.7 Å². The lowest BCUT2D eigenvalue weighted by Gasteiger charge is -2.04. The lowest BCUT2D eigenvalue weighted by molar-refractivity contribution is -0.129. The van der Waals surface area contributed by atoms with Crippen LogP contribution in [-0.2, 0) is 4.79 Å². The molecule has 0 aliphatic carbocycles. The van der Waals surface area contributed by atoms with Crippen LogP contribution in [0.15, 0.2) is 5.10 Å². The molecule has 0 aromatic heterocycles. The maximum atomic E-state index is 10.5. The summed E-state index contributed by atoms with van der Waals surface area (Å²) < 4.78 is 0. The Hall–Kier alpha value is -1.06. The van der Waals surface area contributed by atoms with Crippen LogP contribution < -0.4 is 5.43 Å². The third-order valence-corrected chi connectivity index (χ3v) is 4.70. The molecule has 4 nitrogen and oxygen atoms in total. The zero-order valence-corrected chi connectivity index (χ0v) is 16.8. The normalized spacial score (nSPS) is 11.7. The molecule has 0 aliphatic heterocycles. The highest BCUT2D eigenvalue weighted by Gasteiger charge is 1.99. The fourth-order valence-corrected chi connectivity index (χ4v) is 2.97. The van der Waals surface area contributed by atoms with E-state index in [9.17, 15) is 4.79 Å². The number of nitrogens with zero attached hydrogens (tertiary/aromatic N) is 1. The Morgan fingerprint density at radius 2 is 1.08 bits per heavy atom. The van der Waals surface area contributed by atoms with E-state index in [2.05, 4.69) is 17.5 Å². The smallest absolute Gasteiger partial charge is 0.351 e. The van der Waals surface area contributed by atoms with Gasteiger partial charge in [-0.1, -0.05) is 103 Å². The molecule has 0 bridgehead atoms. The van der Waals surface area contributed by atoms with Gasteiger partial charge in [0.1, 0.15) is 5.71 Å². The molecule has 0 rings (SSSR count). The van der Waals surface area contributed by atoms with Crippen LogP contribution in [0.3, 0.4) is 0 Å². The standard InChI is InChI=1S/C21H42N2O2/c1-3-4-5-6-7-8-9-10-11-12-13-14-15-16-17-18-19-22-23-20(2)21(24)25/h22H,3-19H2,1-2H3,(H,24,25)/b23-20-. The third-order valence-electron chi connectivity index (χ3n) is 4.70. The monoisotopic (exact) mass is 354 g/mol. The fourth-order valence-electron chi connectivity index (χ4n) is 2.97. The van der Waals surface area contributed by atoms with Crippen molar-refractivity contribution < 1.29 is 9.90 Å². The first-order chi connectivity index (χ1) is 12.2. The first kappa shape index (κ1) is 23.9. The van der Waals surface area contributed by atoms with Gasteiger partial charge in [0.05, 0.1) is 0 Å². The van der Waals surface area contributed by atoms with Gasteiger partial charge < -0.3 is 10.5 Å². The molecule has 2 N–H and O–H groups in total. The van der Waals surface area contributed by atoms with Crippen LogP contribution in [0.25, 0.3) is 0 Å². The molecule has 0 saturated heterocycles. The molecule has 4 heteroatoms. The summed E-state index contributed by atoms with van der Waals surface area (Å²) in [5.41, 5.74) is 2.94. The van der Waals surface area contributed by atoms with Crippen LogP contribution in [-0.4, -0.2) is 23.3 Å². The molecule has 0 aromatic carbocycles. The van der Waals surface area contributed by atoms with E-state index >= 15 is 0 Å². The van der Waals surface area contributed by atoms with E-state index in [4.69, 9.17) is 5.11 Å². The Bertz CT molecular complexity index is 330. The maximum absolute atomic E-state index is 10.5. The van der Waals surface area contributed by atoms with E-state index in [1.54, 1.807) is 0 Å². The molecule has 0 radical (unpaired) electrons. The van der Waals surface area contributed by atoms with Crippen LogP contribution in [0.1, 0.15) is 117 Å². The van der Waals surface area contributed by atoms with Crippen LogP contribution >= 0.6 is 0 Å². The first-order valence-electron chi connectivity index (χ1n) is 10.7. The largest absolute Gasteiger partial charge is 0.477 e. The summed E-state index contributed by atoms with van der Waals surface area (Å²) >= 11 is 0. The Balaban J connectivity index is 3.10. The quantitative estimate of drug-likeness (QED) is 0.163. The van der Waals surface area contributed by atoms with Gasteiger partial charge in [0, 0.05) is 6.54 Å². The van der Waals surface area contributed by atoms with Crippen molar-refractivity contribution in [2.45, 2.75) is 117 Å². The Labute approximate surface area is 155 Å². The summed E-state index contributed by atoms with van der Waals surface area (Å²) in [6.45, 7) is 4.55. The zero-order chi connectivity index (χ0) is 18.6. The molecule has 0 atom stereocenters. The number of nitrogens with one attached hydrogen (secondary N) is 1. The minimum absolute atomic E-state index is 0.122. The van der Waals surface area contributed by atoms with Crippen LogP contribution in [0, 0.1) is 0 Å². The number of rotatable bonds is 19. The summed E-state index contributed by atoms with van der Waals surface area (Å²) in [4.78, 5) is 10.5. The molecular weight excluding hydrogens is 312 g/mol. The number of aliphatic carboxylic acids is 1. The second kappa shape index (κ2) is 19.3. The van der Waals surface area contributed by atoms with Crippen molar-refractivity contribution in [1.82, 2.24) is 5.43 Å². The SMILES string of the molecule is CCCCCCCCCCCCCCCCCCN/N=C(/C)C(=O)O. The Morgan fingerprint density at radius 3 is 1.44 bits per heavy atom. The predicted molar refractivity (Wildman–Crippen MR) is 108 cm³/mol. The summed E-state index contributed by atoms with van der Waals surface area (Å²) in [5, 5.41) is 12.5. The first-order valence-corrected chi connectivity index (χ1v) is 10.7. The molecule has 0 saturated carbocycles. The zero-order valence-electron chi connectivity index (χ0n) is 16.8. The average Bonchev–Trinajstić information content (AvgIpc) is 2.60. The van der Waals surface area contributed by atoms with Crippen LogP contribution in [0.5, 0.6) is 0 Å². The summed E-state index contributed by atoms with van der Waals surface area (Å²) in [7, 11) is 0. The molecule has 0 aliphatic rings. The molecular formula is C21H42N2O2. The van der Waals surface area contributed by atoms with E-state index < -0.39 is 5.97 Å². The number of carboxylic acid groups (broad SMARTS) is 1. The van der Waals surface area contributed by atoms with Crippen molar-refractivity contribution in [3.8, 4) is 0 Å². The lowest BCUT2D eigenvalue weighted by atomic mass is 10.0. The number of hydrogen-bond donors (Lipinski definition) is 2. The number of unbranched alkanes of at least 4 members (excludes halogenated alkanes) is 15.